The summed E-state index contributed by atoms with van der Waals surface area (Å²) in [6, 6.07) is 11.4. The summed E-state index contributed by atoms with van der Waals surface area (Å²) in [7, 11) is 1.54. The molecule has 1 saturated carbocycles. The summed E-state index contributed by atoms with van der Waals surface area (Å²) in [4.78, 5) is 40.4. The van der Waals surface area contributed by atoms with Gasteiger partial charge in [-0.1, -0.05) is 58.0 Å². The number of rotatable bonds is 4. The van der Waals surface area contributed by atoms with Crippen LogP contribution in [0.5, 0.6) is 5.75 Å². The number of carbonyl (C=O) groups excluding carboxylic acids is 3. The number of hydrogen-bond donors (Lipinski definition) is 1. The van der Waals surface area contributed by atoms with Crippen LogP contribution in [0.15, 0.2) is 47.7 Å². The second-order valence-corrected chi connectivity index (χ2v) is 11.1. The lowest BCUT2D eigenvalue weighted by molar-refractivity contribution is -0.140. The lowest BCUT2D eigenvalue weighted by Gasteiger charge is -2.39. The maximum Gasteiger partial charge on any atom is 0.163 e. The van der Waals surface area contributed by atoms with Gasteiger partial charge in [0.25, 0.3) is 0 Å². The number of ether oxygens (including phenoxy) is 1. The molecule has 0 saturated heterocycles. The molecule has 0 radical (unpaired) electrons. The Morgan fingerprint density at radius 3 is 2.09 bits per heavy atom. The van der Waals surface area contributed by atoms with E-state index in [1.54, 1.807) is 13.2 Å². The van der Waals surface area contributed by atoms with E-state index < -0.39 is 17.3 Å². The highest BCUT2D eigenvalue weighted by Gasteiger charge is 2.49. The van der Waals surface area contributed by atoms with Crippen molar-refractivity contribution in [1.82, 2.24) is 0 Å². The molecule has 0 aromatic heterocycles. The molecule has 0 aliphatic heterocycles. The molecule has 4 rings (SSSR count). The van der Waals surface area contributed by atoms with Gasteiger partial charge in [-0.3, -0.25) is 14.4 Å². The summed E-state index contributed by atoms with van der Waals surface area (Å²) in [5, 5.41) is 12.9. The molecule has 33 heavy (non-hydrogen) atoms. The minimum absolute atomic E-state index is 0.0262. The van der Waals surface area contributed by atoms with Gasteiger partial charge in [-0.15, -0.1) is 0 Å². The summed E-state index contributed by atoms with van der Waals surface area (Å²) >= 11 is 0. The number of Topliss-reactive ketones (excluding diaryl/α,β-unsaturated/α-hetero) is 3. The van der Waals surface area contributed by atoms with Crippen molar-refractivity contribution in [3.63, 3.8) is 0 Å². The van der Waals surface area contributed by atoms with Crippen LogP contribution in [0, 0.1) is 16.7 Å². The van der Waals surface area contributed by atoms with Crippen molar-refractivity contribution in [2.75, 3.05) is 7.11 Å². The number of allylic oxidation sites excluding steroid dienone is 2. The van der Waals surface area contributed by atoms with Gasteiger partial charge in [0, 0.05) is 42.7 Å². The van der Waals surface area contributed by atoms with Crippen LogP contribution < -0.4 is 4.74 Å². The van der Waals surface area contributed by atoms with Gasteiger partial charge in [-0.2, -0.15) is 0 Å². The van der Waals surface area contributed by atoms with Gasteiger partial charge in [0.2, 0.25) is 0 Å². The minimum Gasteiger partial charge on any atom is -0.512 e. The second kappa shape index (κ2) is 8.12. The van der Waals surface area contributed by atoms with Gasteiger partial charge in [-0.25, -0.2) is 0 Å². The first-order valence-electron chi connectivity index (χ1n) is 11.5. The highest BCUT2D eigenvalue weighted by Crippen LogP contribution is 2.50. The molecule has 174 valence electrons. The van der Waals surface area contributed by atoms with E-state index in [4.69, 9.17) is 4.74 Å². The van der Waals surface area contributed by atoms with E-state index in [2.05, 4.69) is 0 Å². The number of aliphatic hydroxyl groups is 1. The SMILES string of the molecule is COc1ccc2ccccc2c1[C@@H](C1=C(O)CC(C)(C)CC1=O)C1C(=O)CC(C)(C)CC1=O. The van der Waals surface area contributed by atoms with Crippen molar-refractivity contribution in [1.29, 1.82) is 0 Å². The third-order valence-electron chi connectivity index (χ3n) is 7.00. The van der Waals surface area contributed by atoms with E-state index in [0.29, 0.717) is 17.7 Å². The third kappa shape index (κ3) is 4.21. The fourth-order valence-corrected chi connectivity index (χ4v) is 5.68. The number of methoxy groups -OCH3 is 1. The molecule has 1 atom stereocenters. The Kier molecular flexibility index (Phi) is 5.71. The lowest BCUT2D eigenvalue weighted by Crippen LogP contribution is -2.43. The molecule has 5 heteroatoms. The van der Waals surface area contributed by atoms with Crippen molar-refractivity contribution in [2.24, 2.45) is 16.7 Å². The molecule has 0 unspecified atom stereocenters. The van der Waals surface area contributed by atoms with Crippen LogP contribution in [0.3, 0.4) is 0 Å². The van der Waals surface area contributed by atoms with E-state index in [0.717, 1.165) is 10.8 Å². The van der Waals surface area contributed by atoms with Crippen LogP contribution >= 0.6 is 0 Å². The van der Waals surface area contributed by atoms with Crippen molar-refractivity contribution < 1.29 is 24.2 Å². The number of hydrogen-bond acceptors (Lipinski definition) is 5. The Hall–Kier alpha value is -2.95. The van der Waals surface area contributed by atoms with Crippen LogP contribution in [-0.2, 0) is 14.4 Å². The van der Waals surface area contributed by atoms with E-state index in [1.165, 1.54) is 0 Å². The Morgan fingerprint density at radius 2 is 1.48 bits per heavy atom. The first-order valence-corrected chi connectivity index (χ1v) is 11.5. The number of carbonyl (C=O) groups is 3. The lowest BCUT2D eigenvalue weighted by atomic mass is 9.62. The number of ketones is 3. The topological polar surface area (TPSA) is 80.7 Å². The summed E-state index contributed by atoms with van der Waals surface area (Å²) in [5.41, 5.74) is 0.000210. The summed E-state index contributed by atoms with van der Waals surface area (Å²) < 4.78 is 5.70. The smallest absolute Gasteiger partial charge is 0.163 e. The maximum absolute atomic E-state index is 13.5. The Balaban J connectivity index is 2.03. The highest BCUT2D eigenvalue weighted by molar-refractivity contribution is 6.10. The average Bonchev–Trinajstić information content (AvgIpc) is 2.69. The molecule has 0 amide bonds. The highest BCUT2D eigenvalue weighted by atomic mass is 16.5. The zero-order chi connectivity index (χ0) is 24.1. The van der Waals surface area contributed by atoms with Gasteiger partial charge in [-0.05, 0) is 27.7 Å². The van der Waals surface area contributed by atoms with Crippen LogP contribution in [-0.4, -0.2) is 29.6 Å². The minimum atomic E-state index is -1.03. The van der Waals surface area contributed by atoms with Gasteiger partial charge in [0.1, 0.15) is 23.1 Å². The van der Waals surface area contributed by atoms with Crippen LogP contribution in [0.2, 0.25) is 0 Å². The summed E-state index contributed by atoms with van der Waals surface area (Å²) in [6.07, 6.45) is 1.07. The van der Waals surface area contributed by atoms with Gasteiger partial charge >= 0.3 is 0 Å². The zero-order valence-corrected chi connectivity index (χ0v) is 20.0. The van der Waals surface area contributed by atoms with E-state index in [9.17, 15) is 19.5 Å². The predicted molar refractivity (Wildman–Crippen MR) is 127 cm³/mol. The van der Waals surface area contributed by atoms with Crippen LogP contribution in [0.25, 0.3) is 10.8 Å². The standard InChI is InChI=1S/C28H32O5/c1-27(2)12-18(29)24(19(30)13-27)26(25-20(31)14-28(3,4)15-21(25)32)23-17-9-7-6-8-16(17)10-11-22(23)33-5/h6-11,24,26,31H,12-15H2,1-5H3/t26-/m1/s1. The molecule has 0 heterocycles. The van der Waals surface area contributed by atoms with Crippen molar-refractivity contribution >= 4 is 28.1 Å². The largest absolute Gasteiger partial charge is 0.512 e. The Morgan fingerprint density at radius 1 is 0.879 bits per heavy atom. The Bertz CT molecular complexity index is 1160. The number of fused-ring (bicyclic) bond motifs is 1. The van der Waals surface area contributed by atoms with E-state index in [1.807, 2.05) is 58.0 Å². The van der Waals surface area contributed by atoms with Crippen molar-refractivity contribution in [2.45, 2.75) is 59.3 Å². The van der Waals surface area contributed by atoms with Crippen LogP contribution in [0.1, 0.15) is 64.9 Å². The fraction of sp³-hybridized carbons (Fsp3) is 0.464. The summed E-state index contributed by atoms with van der Waals surface area (Å²) in [6.45, 7) is 7.70. The molecule has 1 N–H and O–H groups in total. The molecule has 2 aromatic carbocycles. The molecule has 0 spiro atoms. The molecular weight excluding hydrogens is 416 g/mol. The van der Waals surface area contributed by atoms with Crippen LogP contribution in [0.4, 0.5) is 0 Å². The number of aliphatic hydroxyl groups excluding tert-OH is 1. The molecule has 2 aliphatic rings. The monoisotopic (exact) mass is 448 g/mol. The average molecular weight is 449 g/mol. The predicted octanol–water partition coefficient (Wildman–Crippen LogP) is 5.71. The second-order valence-electron chi connectivity index (χ2n) is 11.1. The normalized spacial score (nSPS) is 22.0. The summed E-state index contributed by atoms with van der Waals surface area (Å²) in [5.74, 6) is -2.02. The first-order chi connectivity index (χ1) is 15.4. The van der Waals surface area contributed by atoms with Gasteiger partial charge in [0.05, 0.1) is 13.0 Å². The molecule has 2 aromatic rings. The maximum atomic E-state index is 13.5. The zero-order valence-electron chi connectivity index (χ0n) is 20.0. The van der Waals surface area contributed by atoms with Gasteiger partial charge < -0.3 is 9.84 Å². The number of benzene rings is 2. The quantitative estimate of drug-likeness (QED) is 0.606. The van der Waals surface area contributed by atoms with E-state index >= 15 is 0 Å². The van der Waals surface area contributed by atoms with Crippen molar-refractivity contribution in [3.8, 4) is 5.75 Å². The van der Waals surface area contributed by atoms with E-state index in [-0.39, 0.29) is 53.4 Å². The molecule has 2 aliphatic carbocycles. The Labute approximate surface area is 194 Å². The molecule has 5 nitrogen and oxygen atoms in total. The molecule has 1 fully saturated rings. The molecular formula is C28H32O5. The third-order valence-corrected chi connectivity index (χ3v) is 7.00. The van der Waals surface area contributed by atoms with Crippen molar-refractivity contribution in [3.05, 3.63) is 53.3 Å². The molecule has 0 bridgehead atoms. The van der Waals surface area contributed by atoms with Gasteiger partial charge in [0.15, 0.2) is 5.78 Å². The first kappa shape index (κ1) is 23.2. The fourth-order valence-electron chi connectivity index (χ4n) is 5.68.